The van der Waals surface area contributed by atoms with Crippen LogP contribution in [0.4, 0.5) is 0 Å². The van der Waals surface area contributed by atoms with E-state index in [9.17, 15) is 9.90 Å². The predicted molar refractivity (Wildman–Crippen MR) is 74.2 cm³/mol. The number of aromatic nitrogens is 1. The molecule has 0 aliphatic heterocycles. The molecule has 0 amide bonds. The first-order chi connectivity index (χ1) is 8.49. The first-order valence-electron chi connectivity index (χ1n) is 5.38. The lowest BCUT2D eigenvalue weighted by atomic mass is 10.2. The van der Waals surface area contributed by atoms with Gasteiger partial charge in [-0.2, -0.15) is 0 Å². The number of nitrogens with zero attached hydrogens (tertiary/aromatic N) is 1. The van der Waals surface area contributed by atoms with Crippen molar-refractivity contribution in [3.8, 4) is 0 Å². The van der Waals surface area contributed by atoms with Gasteiger partial charge in [0.15, 0.2) is 0 Å². The Hall–Kier alpha value is -0.900. The molecule has 1 aromatic heterocycles. The highest BCUT2D eigenvalue weighted by Crippen LogP contribution is 2.38. The number of carboxylic acids is 1. The Kier molecular flexibility index (Phi) is 3.76. The molecule has 0 saturated carbocycles. The molecule has 1 heterocycles. The van der Waals surface area contributed by atoms with Crippen molar-refractivity contribution in [1.82, 2.24) is 4.57 Å². The molecule has 3 nitrogen and oxygen atoms in total. The molecule has 0 radical (unpaired) electrons. The molecular weight excluding hydrogens is 296 g/mol. The van der Waals surface area contributed by atoms with Gasteiger partial charge in [-0.1, -0.05) is 47.8 Å². The van der Waals surface area contributed by atoms with Gasteiger partial charge < -0.3 is 9.67 Å². The fourth-order valence-corrected chi connectivity index (χ4v) is 2.76. The molecule has 6 heteroatoms. The SMILES string of the molecule is CCCn1c(Cl)c(C(=O)O)c2ccc(Cl)c(Cl)c21. The van der Waals surface area contributed by atoms with E-state index in [4.69, 9.17) is 34.8 Å². The van der Waals surface area contributed by atoms with Crippen molar-refractivity contribution >= 4 is 51.7 Å². The molecule has 2 rings (SSSR count). The largest absolute Gasteiger partial charge is 0.478 e. The summed E-state index contributed by atoms with van der Waals surface area (Å²) in [6, 6.07) is 3.20. The summed E-state index contributed by atoms with van der Waals surface area (Å²) in [5.74, 6) is -1.07. The van der Waals surface area contributed by atoms with E-state index >= 15 is 0 Å². The van der Waals surface area contributed by atoms with E-state index in [1.807, 2.05) is 6.92 Å². The van der Waals surface area contributed by atoms with Crippen LogP contribution < -0.4 is 0 Å². The highest BCUT2D eigenvalue weighted by molar-refractivity contribution is 6.46. The molecule has 0 aliphatic carbocycles. The van der Waals surface area contributed by atoms with E-state index in [2.05, 4.69) is 0 Å². The van der Waals surface area contributed by atoms with Crippen molar-refractivity contribution in [2.75, 3.05) is 0 Å². The van der Waals surface area contributed by atoms with Crippen LogP contribution in [-0.2, 0) is 6.54 Å². The van der Waals surface area contributed by atoms with Gasteiger partial charge in [-0.05, 0) is 12.5 Å². The van der Waals surface area contributed by atoms with E-state index in [1.165, 1.54) is 0 Å². The zero-order valence-corrected chi connectivity index (χ0v) is 11.8. The van der Waals surface area contributed by atoms with Crippen molar-refractivity contribution in [2.24, 2.45) is 0 Å². The standard InChI is InChI=1S/C12H10Cl3NO2/c1-2-5-16-10-6(3-4-7(13)9(10)14)8(11(16)15)12(17)18/h3-4H,2,5H2,1H3,(H,17,18). The van der Waals surface area contributed by atoms with E-state index in [1.54, 1.807) is 16.7 Å². The van der Waals surface area contributed by atoms with Crippen LogP contribution in [0.25, 0.3) is 10.9 Å². The van der Waals surface area contributed by atoms with Crippen LogP contribution in [0.5, 0.6) is 0 Å². The smallest absolute Gasteiger partial charge is 0.339 e. The molecule has 0 bridgehead atoms. The molecular formula is C12H10Cl3NO2. The summed E-state index contributed by atoms with van der Waals surface area (Å²) in [6.45, 7) is 2.56. The number of carbonyl (C=O) groups is 1. The van der Waals surface area contributed by atoms with Crippen LogP contribution in [0.3, 0.4) is 0 Å². The summed E-state index contributed by atoms with van der Waals surface area (Å²) in [5, 5.41) is 10.6. The van der Waals surface area contributed by atoms with Gasteiger partial charge in [0.1, 0.15) is 10.7 Å². The summed E-state index contributed by atoms with van der Waals surface area (Å²) in [6.07, 6.45) is 0.811. The van der Waals surface area contributed by atoms with Crippen molar-refractivity contribution in [3.63, 3.8) is 0 Å². The summed E-state index contributed by atoms with van der Waals surface area (Å²) >= 11 is 18.2. The molecule has 18 heavy (non-hydrogen) atoms. The van der Waals surface area contributed by atoms with Crippen LogP contribution in [0.2, 0.25) is 15.2 Å². The molecule has 1 aromatic carbocycles. The minimum atomic E-state index is -1.07. The third-order valence-electron chi connectivity index (χ3n) is 2.71. The van der Waals surface area contributed by atoms with Crippen LogP contribution in [-0.4, -0.2) is 15.6 Å². The van der Waals surface area contributed by atoms with E-state index < -0.39 is 5.97 Å². The van der Waals surface area contributed by atoms with Crippen LogP contribution in [0.1, 0.15) is 23.7 Å². The molecule has 2 aromatic rings. The third-order valence-corrected chi connectivity index (χ3v) is 3.90. The minimum absolute atomic E-state index is 0.0682. The van der Waals surface area contributed by atoms with Gasteiger partial charge in [-0.15, -0.1) is 0 Å². The highest BCUT2D eigenvalue weighted by atomic mass is 35.5. The second-order valence-electron chi connectivity index (χ2n) is 3.88. The average Bonchev–Trinajstić information content (AvgIpc) is 2.58. The topological polar surface area (TPSA) is 42.2 Å². The van der Waals surface area contributed by atoms with Gasteiger partial charge in [-0.3, -0.25) is 0 Å². The second-order valence-corrected chi connectivity index (χ2v) is 5.02. The molecule has 0 aliphatic rings. The average molecular weight is 307 g/mol. The number of fused-ring (bicyclic) bond motifs is 1. The Bertz CT molecular complexity index is 634. The first-order valence-corrected chi connectivity index (χ1v) is 6.51. The number of hydrogen-bond donors (Lipinski definition) is 1. The fourth-order valence-electron chi connectivity index (χ4n) is 1.99. The maximum absolute atomic E-state index is 11.3. The van der Waals surface area contributed by atoms with E-state index in [-0.39, 0.29) is 10.7 Å². The van der Waals surface area contributed by atoms with E-state index in [0.29, 0.717) is 27.5 Å². The van der Waals surface area contributed by atoms with Gasteiger partial charge in [0.2, 0.25) is 0 Å². The number of rotatable bonds is 3. The number of carboxylic acid groups (broad SMARTS) is 1. The summed E-state index contributed by atoms with van der Waals surface area (Å²) in [4.78, 5) is 11.3. The monoisotopic (exact) mass is 305 g/mol. The van der Waals surface area contributed by atoms with Crippen LogP contribution in [0, 0.1) is 0 Å². The number of aryl methyl sites for hydroxylation is 1. The maximum Gasteiger partial charge on any atom is 0.339 e. The van der Waals surface area contributed by atoms with Gasteiger partial charge in [-0.25, -0.2) is 4.79 Å². The van der Waals surface area contributed by atoms with Crippen molar-refractivity contribution in [3.05, 3.63) is 32.9 Å². The zero-order valence-electron chi connectivity index (χ0n) is 9.51. The number of benzene rings is 1. The van der Waals surface area contributed by atoms with Gasteiger partial charge >= 0.3 is 5.97 Å². The van der Waals surface area contributed by atoms with Crippen molar-refractivity contribution in [2.45, 2.75) is 19.9 Å². The number of aromatic carboxylic acids is 1. The predicted octanol–water partition coefficient (Wildman–Crippen LogP) is 4.71. The molecule has 0 fully saturated rings. The van der Waals surface area contributed by atoms with Gasteiger partial charge in [0.25, 0.3) is 0 Å². The van der Waals surface area contributed by atoms with Gasteiger partial charge in [0, 0.05) is 11.9 Å². The fraction of sp³-hybridized carbons (Fsp3) is 0.250. The number of hydrogen-bond acceptors (Lipinski definition) is 1. The molecule has 0 saturated heterocycles. The molecule has 0 spiro atoms. The molecule has 0 atom stereocenters. The quantitative estimate of drug-likeness (QED) is 0.892. The lowest BCUT2D eigenvalue weighted by molar-refractivity contribution is 0.0699. The first kappa shape index (κ1) is 13.5. The summed E-state index contributed by atoms with van der Waals surface area (Å²) in [5.41, 5.74) is 0.645. The van der Waals surface area contributed by atoms with Crippen molar-refractivity contribution < 1.29 is 9.90 Å². The molecule has 1 N–H and O–H groups in total. The lowest BCUT2D eigenvalue weighted by Crippen LogP contribution is -1.99. The lowest BCUT2D eigenvalue weighted by Gasteiger charge is -2.06. The number of halogens is 3. The van der Waals surface area contributed by atoms with Gasteiger partial charge in [0.05, 0.1) is 15.6 Å². The molecule has 0 unspecified atom stereocenters. The Morgan fingerprint density at radius 2 is 2.00 bits per heavy atom. The van der Waals surface area contributed by atoms with Crippen molar-refractivity contribution in [1.29, 1.82) is 0 Å². The van der Waals surface area contributed by atoms with Crippen LogP contribution in [0.15, 0.2) is 12.1 Å². The third kappa shape index (κ3) is 1.96. The Morgan fingerprint density at radius 3 is 2.56 bits per heavy atom. The second kappa shape index (κ2) is 5.00. The summed E-state index contributed by atoms with van der Waals surface area (Å²) in [7, 11) is 0. The normalized spacial score (nSPS) is 11.1. The zero-order chi connectivity index (χ0) is 13.4. The Balaban J connectivity index is 2.92. The van der Waals surface area contributed by atoms with E-state index in [0.717, 1.165) is 6.42 Å². The molecule has 96 valence electrons. The highest BCUT2D eigenvalue weighted by Gasteiger charge is 2.23. The Labute approximate surface area is 119 Å². The maximum atomic E-state index is 11.3. The minimum Gasteiger partial charge on any atom is -0.478 e. The summed E-state index contributed by atoms with van der Waals surface area (Å²) < 4.78 is 1.69. The van der Waals surface area contributed by atoms with Crippen LogP contribution >= 0.6 is 34.8 Å². The Morgan fingerprint density at radius 1 is 1.33 bits per heavy atom.